The van der Waals surface area contributed by atoms with Gasteiger partial charge in [-0.05, 0) is 43.7 Å². The molecule has 5 heteroatoms. The number of pyridine rings is 1. The number of hydrogen-bond acceptors (Lipinski definition) is 4. The van der Waals surface area contributed by atoms with Crippen LogP contribution >= 0.6 is 0 Å². The molecule has 0 saturated heterocycles. The first-order valence-electron chi connectivity index (χ1n) is 6.34. The van der Waals surface area contributed by atoms with Gasteiger partial charge >= 0.3 is 0 Å². The first-order chi connectivity index (χ1) is 9.38. The molecule has 2 heterocycles. The van der Waals surface area contributed by atoms with Crippen LogP contribution in [-0.2, 0) is 6.42 Å². The Balaban J connectivity index is 2.02. The molecule has 0 atom stereocenters. The molecule has 3 aromatic rings. The molecule has 0 radical (unpaired) electrons. The van der Waals surface area contributed by atoms with Crippen molar-refractivity contribution in [1.29, 1.82) is 0 Å². The van der Waals surface area contributed by atoms with Crippen LogP contribution in [0.2, 0.25) is 0 Å². The molecule has 19 heavy (non-hydrogen) atoms. The standard InChI is InChI=1S/C14H15N5/c15-8-2-4-11-10-19(18-17-11)14-7-1-6-13-12(14)5-3-9-16-13/h1,3,5-7,9-10H,2,4,8,15H2. The number of nitrogens with two attached hydrogens (primary N) is 1. The van der Waals surface area contributed by atoms with Crippen molar-refractivity contribution in [2.45, 2.75) is 12.8 Å². The third-order valence-corrected chi connectivity index (χ3v) is 3.05. The fourth-order valence-corrected chi connectivity index (χ4v) is 2.10. The molecule has 0 spiro atoms. The van der Waals surface area contributed by atoms with E-state index in [1.54, 1.807) is 10.9 Å². The van der Waals surface area contributed by atoms with Crippen LogP contribution in [0.1, 0.15) is 12.1 Å². The number of hydrogen-bond donors (Lipinski definition) is 1. The van der Waals surface area contributed by atoms with Crippen LogP contribution in [-0.4, -0.2) is 26.5 Å². The largest absolute Gasteiger partial charge is 0.330 e. The van der Waals surface area contributed by atoms with Gasteiger partial charge in [-0.15, -0.1) is 5.10 Å². The van der Waals surface area contributed by atoms with Crippen LogP contribution in [0.5, 0.6) is 0 Å². The molecular formula is C14H15N5. The van der Waals surface area contributed by atoms with Gasteiger partial charge in [0.15, 0.2) is 0 Å². The Bertz CT molecular complexity index is 684. The Morgan fingerprint density at radius 2 is 2.11 bits per heavy atom. The maximum Gasteiger partial charge on any atom is 0.0832 e. The highest BCUT2D eigenvalue weighted by atomic mass is 15.4. The highest BCUT2D eigenvalue weighted by molar-refractivity contribution is 5.86. The average molecular weight is 253 g/mol. The van der Waals surface area contributed by atoms with Crippen LogP contribution in [0.3, 0.4) is 0 Å². The summed E-state index contributed by atoms with van der Waals surface area (Å²) in [6.45, 7) is 0.672. The second-order valence-corrected chi connectivity index (χ2v) is 4.39. The van der Waals surface area contributed by atoms with E-state index in [4.69, 9.17) is 5.73 Å². The Kier molecular flexibility index (Phi) is 3.20. The van der Waals surface area contributed by atoms with E-state index in [2.05, 4.69) is 15.3 Å². The number of nitrogens with zero attached hydrogens (tertiary/aromatic N) is 4. The smallest absolute Gasteiger partial charge is 0.0832 e. The first-order valence-corrected chi connectivity index (χ1v) is 6.34. The minimum Gasteiger partial charge on any atom is -0.330 e. The van der Waals surface area contributed by atoms with E-state index in [9.17, 15) is 0 Å². The molecule has 1 aromatic carbocycles. The van der Waals surface area contributed by atoms with Crippen LogP contribution in [0.25, 0.3) is 16.6 Å². The van der Waals surface area contributed by atoms with Crippen molar-refractivity contribution in [2.24, 2.45) is 5.73 Å². The van der Waals surface area contributed by atoms with Gasteiger partial charge < -0.3 is 5.73 Å². The summed E-state index contributed by atoms with van der Waals surface area (Å²) >= 11 is 0. The second kappa shape index (κ2) is 5.16. The highest BCUT2D eigenvalue weighted by Gasteiger charge is 2.06. The normalized spacial score (nSPS) is 11.0. The van der Waals surface area contributed by atoms with Gasteiger partial charge in [0.05, 0.1) is 23.1 Å². The summed E-state index contributed by atoms with van der Waals surface area (Å²) in [6.07, 6.45) is 5.53. The molecule has 96 valence electrons. The van der Waals surface area contributed by atoms with Gasteiger partial charge in [-0.3, -0.25) is 4.98 Å². The van der Waals surface area contributed by atoms with Gasteiger partial charge in [-0.2, -0.15) is 0 Å². The van der Waals surface area contributed by atoms with Gasteiger partial charge in [0.1, 0.15) is 0 Å². The van der Waals surface area contributed by atoms with E-state index in [0.29, 0.717) is 6.54 Å². The summed E-state index contributed by atoms with van der Waals surface area (Å²) in [4.78, 5) is 4.35. The Morgan fingerprint density at radius 3 is 3.00 bits per heavy atom. The summed E-state index contributed by atoms with van der Waals surface area (Å²) in [7, 11) is 0. The molecule has 0 unspecified atom stereocenters. The zero-order valence-electron chi connectivity index (χ0n) is 10.5. The van der Waals surface area contributed by atoms with Crippen molar-refractivity contribution in [3.05, 3.63) is 48.4 Å². The van der Waals surface area contributed by atoms with Crippen molar-refractivity contribution < 1.29 is 0 Å². The monoisotopic (exact) mass is 253 g/mol. The molecule has 2 N–H and O–H groups in total. The zero-order chi connectivity index (χ0) is 13.1. The molecule has 0 saturated carbocycles. The molecule has 3 rings (SSSR count). The van der Waals surface area contributed by atoms with Gasteiger partial charge in [0.25, 0.3) is 0 Å². The molecule has 2 aromatic heterocycles. The molecule has 0 aliphatic carbocycles. The van der Waals surface area contributed by atoms with E-state index in [0.717, 1.165) is 35.1 Å². The minimum atomic E-state index is 0.672. The zero-order valence-corrected chi connectivity index (χ0v) is 10.5. The molecule has 0 amide bonds. The first kappa shape index (κ1) is 11.8. The molecular weight excluding hydrogens is 238 g/mol. The summed E-state index contributed by atoms with van der Waals surface area (Å²) in [5.74, 6) is 0. The highest BCUT2D eigenvalue weighted by Crippen LogP contribution is 2.19. The molecule has 0 fully saturated rings. The number of rotatable bonds is 4. The lowest BCUT2D eigenvalue weighted by molar-refractivity contribution is 0.781. The summed E-state index contributed by atoms with van der Waals surface area (Å²) in [5, 5.41) is 9.43. The lowest BCUT2D eigenvalue weighted by Crippen LogP contribution is -2.00. The maximum atomic E-state index is 5.51. The van der Waals surface area contributed by atoms with Crippen molar-refractivity contribution >= 4 is 10.9 Å². The summed E-state index contributed by atoms with van der Waals surface area (Å²) < 4.78 is 1.80. The summed E-state index contributed by atoms with van der Waals surface area (Å²) in [6, 6.07) is 9.96. The Hall–Kier alpha value is -2.27. The third-order valence-electron chi connectivity index (χ3n) is 3.05. The fraction of sp³-hybridized carbons (Fsp3) is 0.214. The van der Waals surface area contributed by atoms with Crippen LogP contribution in [0, 0.1) is 0 Å². The minimum absolute atomic E-state index is 0.672. The van der Waals surface area contributed by atoms with Crippen molar-refractivity contribution in [3.8, 4) is 5.69 Å². The van der Waals surface area contributed by atoms with Crippen LogP contribution in [0.15, 0.2) is 42.7 Å². The number of aromatic nitrogens is 4. The van der Waals surface area contributed by atoms with E-state index in [1.165, 1.54) is 0 Å². The summed E-state index contributed by atoms with van der Waals surface area (Å²) in [5.41, 5.74) is 8.42. The lowest BCUT2D eigenvalue weighted by Gasteiger charge is -2.04. The van der Waals surface area contributed by atoms with E-state index in [1.807, 2.05) is 36.5 Å². The topological polar surface area (TPSA) is 69.6 Å². The number of benzene rings is 1. The van der Waals surface area contributed by atoms with Crippen LogP contribution < -0.4 is 5.73 Å². The van der Waals surface area contributed by atoms with E-state index in [-0.39, 0.29) is 0 Å². The SMILES string of the molecule is NCCCc1cn(-c2cccc3ncccc23)nn1. The van der Waals surface area contributed by atoms with Crippen molar-refractivity contribution in [1.82, 2.24) is 20.0 Å². The van der Waals surface area contributed by atoms with Crippen LogP contribution in [0.4, 0.5) is 0 Å². The quantitative estimate of drug-likeness (QED) is 0.768. The van der Waals surface area contributed by atoms with Crippen molar-refractivity contribution in [2.75, 3.05) is 6.54 Å². The lowest BCUT2D eigenvalue weighted by atomic mass is 10.2. The predicted octanol–water partition coefficient (Wildman–Crippen LogP) is 1.71. The van der Waals surface area contributed by atoms with E-state index < -0.39 is 0 Å². The number of aryl methyl sites for hydroxylation is 1. The fourth-order valence-electron chi connectivity index (χ4n) is 2.10. The Morgan fingerprint density at radius 1 is 1.16 bits per heavy atom. The van der Waals surface area contributed by atoms with Gasteiger partial charge in [-0.25, -0.2) is 4.68 Å². The second-order valence-electron chi connectivity index (χ2n) is 4.39. The maximum absolute atomic E-state index is 5.51. The Labute approximate surface area is 111 Å². The van der Waals surface area contributed by atoms with Crippen molar-refractivity contribution in [3.63, 3.8) is 0 Å². The van der Waals surface area contributed by atoms with E-state index >= 15 is 0 Å². The molecule has 0 aliphatic rings. The molecule has 0 aliphatic heterocycles. The van der Waals surface area contributed by atoms with Gasteiger partial charge in [0.2, 0.25) is 0 Å². The molecule has 5 nitrogen and oxygen atoms in total. The third kappa shape index (κ3) is 2.32. The molecule has 0 bridgehead atoms. The van der Waals surface area contributed by atoms with Gasteiger partial charge in [-0.1, -0.05) is 11.3 Å². The van der Waals surface area contributed by atoms with Gasteiger partial charge in [0, 0.05) is 11.6 Å². The average Bonchev–Trinajstić information content (AvgIpc) is 2.93. The number of fused-ring (bicyclic) bond motifs is 1. The predicted molar refractivity (Wildman–Crippen MR) is 74.0 cm³/mol.